The van der Waals surface area contributed by atoms with E-state index in [0.29, 0.717) is 11.6 Å². The summed E-state index contributed by atoms with van der Waals surface area (Å²) in [7, 11) is 0. The minimum atomic E-state index is 0.465. The molecule has 0 spiro atoms. The molecule has 2 rings (SSSR count). The van der Waals surface area contributed by atoms with Crippen molar-refractivity contribution in [1.82, 2.24) is 24.7 Å². The van der Waals surface area contributed by atoms with Gasteiger partial charge in [-0.05, 0) is 0 Å². The number of hydrogen-bond acceptors (Lipinski definition) is 5. The van der Waals surface area contributed by atoms with Crippen LogP contribution in [0.4, 0.5) is 5.82 Å². The zero-order valence-electron chi connectivity index (χ0n) is 11.0. The van der Waals surface area contributed by atoms with Crippen molar-refractivity contribution in [1.29, 1.82) is 0 Å². The Morgan fingerprint density at radius 2 is 1.72 bits per heavy atom. The van der Waals surface area contributed by atoms with Crippen molar-refractivity contribution in [3.05, 3.63) is 23.5 Å². The third-order valence-electron chi connectivity index (χ3n) is 2.66. The molecule has 0 aliphatic heterocycles. The molecule has 0 amide bonds. The molecule has 0 aromatic carbocycles. The fraction of sp³-hybridized carbons (Fsp3) is 0.500. The monoisotopic (exact) mass is 246 g/mol. The van der Waals surface area contributed by atoms with Crippen molar-refractivity contribution in [2.24, 2.45) is 0 Å². The van der Waals surface area contributed by atoms with E-state index in [1.807, 2.05) is 20.8 Å². The standard InChI is InChI=1S/C12H18N6/c1-4-9-14-8(13)7-12(15-9)18-11(6-3)16-10(5-2)17-18/h7H,4-6H2,1-3H3,(H2,13,14,15). The van der Waals surface area contributed by atoms with Gasteiger partial charge in [-0.2, -0.15) is 4.68 Å². The van der Waals surface area contributed by atoms with E-state index in [1.165, 1.54) is 0 Å². The summed E-state index contributed by atoms with van der Waals surface area (Å²) in [6.45, 7) is 6.08. The Morgan fingerprint density at radius 3 is 2.33 bits per heavy atom. The van der Waals surface area contributed by atoms with E-state index >= 15 is 0 Å². The lowest BCUT2D eigenvalue weighted by molar-refractivity contribution is 0.754. The average Bonchev–Trinajstić information content (AvgIpc) is 2.81. The van der Waals surface area contributed by atoms with Gasteiger partial charge in [-0.15, -0.1) is 5.10 Å². The lowest BCUT2D eigenvalue weighted by Crippen LogP contribution is -2.09. The van der Waals surface area contributed by atoms with Gasteiger partial charge in [0.25, 0.3) is 0 Å². The summed E-state index contributed by atoms with van der Waals surface area (Å²) in [4.78, 5) is 13.1. The quantitative estimate of drug-likeness (QED) is 0.879. The molecule has 0 bridgehead atoms. The zero-order chi connectivity index (χ0) is 13.1. The molecule has 0 fully saturated rings. The minimum absolute atomic E-state index is 0.465. The van der Waals surface area contributed by atoms with Gasteiger partial charge < -0.3 is 5.73 Å². The molecule has 0 aliphatic rings. The third kappa shape index (κ3) is 2.32. The summed E-state index contributed by atoms with van der Waals surface area (Å²) in [6, 6.07) is 1.73. The molecular weight excluding hydrogens is 228 g/mol. The van der Waals surface area contributed by atoms with Crippen LogP contribution in [0.5, 0.6) is 0 Å². The number of aryl methyl sites for hydroxylation is 3. The molecular formula is C12H18N6. The largest absolute Gasteiger partial charge is 0.384 e. The highest BCUT2D eigenvalue weighted by molar-refractivity contribution is 5.37. The van der Waals surface area contributed by atoms with Crippen LogP contribution in [-0.2, 0) is 19.3 Å². The second-order valence-electron chi connectivity index (χ2n) is 3.98. The highest BCUT2D eigenvalue weighted by Gasteiger charge is 2.11. The van der Waals surface area contributed by atoms with Crippen LogP contribution in [0.15, 0.2) is 6.07 Å². The molecule has 96 valence electrons. The van der Waals surface area contributed by atoms with Crippen molar-refractivity contribution >= 4 is 5.82 Å². The molecule has 2 heterocycles. The van der Waals surface area contributed by atoms with Crippen LogP contribution in [0.25, 0.3) is 5.82 Å². The van der Waals surface area contributed by atoms with Crippen LogP contribution in [-0.4, -0.2) is 24.7 Å². The Kier molecular flexibility index (Phi) is 3.55. The van der Waals surface area contributed by atoms with Gasteiger partial charge in [-0.25, -0.2) is 15.0 Å². The maximum absolute atomic E-state index is 5.79. The van der Waals surface area contributed by atoms with Gasteiger partial charge in [-0.3, -0.25) is 0 Å². The van der Waals surface area contributed by atoms with Crippen LogP contribution in [0, 0.1) is 0 Å². The predicted octanol–water partition coefficient (Wildman–Crippen LogP) is 1.33. The van der Waals surface area contributed by atoms with Crippen molar-refractivity contribution in [2.75, 3.05) is 5.73 Å². The Hall–Kier alpha value is -1.98. The summed E-state index contributed by atoms with van der Waals surface area (Å²) >= 11 is 0. The van der Waals surface area contributed by atoms with E-state index in [-0.39, 0.29) is 0 Å². The van der Waals surface area contributed by atoms with Crippen LogP contribution >= 0.6 is 0 Å². The number of nitrogen functional groups attached to an aromatic ring is 1. The first-order chi connectivity index (χ1) is 8.67. The Balaban J connectivity index is 2.53. The topological polar surface area (TPSA) is 82.5 Å². The molecule has 0 unspecified atom stereocenters. The van der Waals surface area contributed by atoms with Crippen LogP contribution in [0.3, 0.4) is 0 Å². The molecule has 2 aromatic rings. The van der Waals surface area contributed by atoms with E-state index in [2.05, 4.69) is 20.1 Å². The molecule has 2 aromatic heterocycles. The number of nitrogens with zero attached hydrogens (tertiary/aromatic N) is 5. The van der Waals surface area contributed by atoms with E-state index in [0.717, 1.165) is 36.7 Å². The van der Waals surface area contributed by atoms with Gasteiger partial charge in [0, 0.05) is 25.3 Å². The summed E-state index contributed by atoms with van der Waals surface area (Å²) in [5, 5.41) is 4.45. The van der Waals surface area contributed by atoms with Gasteiger partial charge in [-0.1, -0.05) is 20.8 Å². The molecule has 0 radical (unpaired) electrons. The van der Waals surface area contributed by atoms with Crippen molar-refractivity contribution in [3.63, 3.8) is 0 Å². The van der Waals surface area contributed by atoms with Crippen LogP contribution in [0.2, 0.25) is 0 Å². The highest BCUT2D eigenvalue weighted by atomic mass is 15.4. The number of hydrogen-bond donors (Lipinski definition) is 1. The Bertz CT molecular complexity index is 545. The van der Waals surface area contributed by atoms with Crippen LogP contribution in [0.1, 0.15) is 38.2 Å². The molecule has 0 saturated carbocycles. The van der Waals surface area contributed by atoms with Gasteiger partial charge >= 0.3 is 0 Å². The summed E-state index contributed by atoms with van der Waals surface area (Å²) < 4.78 is 1.76. The molecule has 6 nitrogen and oxygen atoms in total. The van der Waals surface area contributed by atoms with E-state index in [1.54, 1.807) is 10.7 Å². The normalized spacial score (nSPS) is 10.8. The smallest absolute Gasteiger partial charge is 0.161 e. The number of aromatic nitrogens is 5. The van der Waals surface area contributed by atoms with Gasteiger partial charge in [0.1, 0.15) is 17.5 Å². The minimum Gasteiger partial charge on any atom is -0.384 e. The maximum Gasteiger partial charge on any atom is 0.161 e. The first-order valence-corrected chi connectivity index (χ1v) is 6.26. The Labute approximate surface area is 106 Å². The van der Waals surface area contributed by atoms with Crippen molar-refractivity contribution in [3.8, 4) is 5.82 Å². The van der Waals surface area contributed by atoms with E-state index in [4.69, 9.17) is 5.73 Å². The lowest BCUT2D eigenvalue weighted by Gasteiger charge is -2.06. The summed E-state index contributed by atoms with van der Waals surface area (Å²) in [5.74, 6) is 3.60. The van der Waals surface area contributed by atoms with Crippen molar-refractivity contribution in [2.45, 2.75) is 40.0 Å². The molecule has 2 N–H and O–H groups in total. The zero-order valence-corrected chi connectivity index (χ0v) is 11.0. The average molecular weight is 246 g/mol. The first kappa shape index (κ1) is 12.5. The predicted molar refractivity (Wildman–Crippen MR) is 69.5 cm³/mol. The Morgan fingerprint density at radius 1 is 1.00 bits per heavy atom. The molecule has 0 aliphatic carbocycles. The summed E-state index contributed by atoms with van der Waals surface area (Å²) in [6.07, 6.45) is 2.36. The third-order valence-corrected chi connectivity index (χ3v) is 2.66. The van der Waals surface area contributed by atoms with Gasteiger partial charge in [0.15, 0.2) is 11.6 Å². The van der Waals surface area contributed by atoms with Gasteiger partial charge in [0.2, 0.25) is 0 Å². The first-order valence-electron chi connectivity index (χ1n) is 6.26. The van der Waals surface area contributed by atoms with Gasteiger partial charge in [0.05, 0.1) is 0 Å². The molecule has 18 heavy (non-hydrogen) atoms. The van der Waals surface area contributed by atoms with Crippen molar-refractivity contribution < 1.29 is 0 Å². The number of anilines is 1. The fourth-order valence-electron chi connectivity index (χ4n) is 1.72. The number of rotatable bonds is 4. The van der Waals surface area contributed by atoms with E-state index < -0.39 is 0 Å². The number of nitrogens with two attached hydrogens (primary N) is 1. The second-order valence-corrected chi connectivity index (χ2v) is 3.98. The maximum atomic E-state index is 5.79. The second kappa shape index (κ2) is 5.12. The SMILES string of the molecule is CCc1nc(N)cc(-n2nc(CC)nc2CC)n1. The molecule has 0 atom stereocenters. The van der Waals surface area contributed by atoms with E-state index in [9.17, 15) is 0 Å². The fourth-order valence-corrected chi connectivity index (χ4v) is 1.72. The molecule has 0 saturated heterocycles. The summed E-state index contributed by atoms with van der Waals surface area (Å²) in [5.41, 5.74) is 5.79. The molecule has 6 heteroatoms. The lowest BCUT2D eigenvalue weighted by atomic mass is 10.4. The highest BCUT2D eigenvalue weighted by Crippen LogP contribution is 2.12. The van der Waals surface area contributed by atoms with Crippen LogP contribution < -0.4 is 5.73 Å².